The second-order valence-corrected chi connectivity index (χ2v) is 6.52. The fourth-order valence-electron chi connectivity index (χ4n) is 3.34. The maximum absolute atomic E-state index is 11.0. The molecule has 3 heteroatoms. The van der Waals surface area contributed by atoms with Crippen LogP contribution in [0.1, 0.15) is 44.2 Å². The van der Waals surface area contributed by atoms with Crippen molar-refractivity contribution in [1.29, 1.82) is 0 Å². The lowest BCUT2D eigenvalue weighted by Crippen LogP contribution is -2.20. The van der Waals surface area contributed by atoms with Gasteiger partial charge in [0.15, 0.2) is 0 Å². The Morgan fingerprint density at radius 2 is 1.52 bits per heavy atom. The number of para-hydroxylation sites is 2. The van der Waals surface area contributed by atoms with Crippen LogP contribution in [0.15, 0.2) is 48.5 Å². The van der Waals surface area contributed by atoms with Crippen LogP contribution in [0.4, 0.5) is 11.4 Å². The van der Waals surface area contributed by atoms with Gasteiger partial charge in [-0.25, -0.2) is 0 Å². The van der Waals surface area contributed by atoms with E-state index < -0.39 is 0 Å². The summed E-state index contributed by atoms with van der Waals surface area (Å²) in [6.07, 6.45) is 7.35. The van der Waals surface area contributed by atoms with Crippen molar-refractivity contribution in [2.24, 2.45) is 0 Å². The van der Waals surface area contributed by atoms with Gasteiger partial charge in [-0.2, -0.15) is 0 Å². The molecule has 0 saturated carbocycles. The molecule has 3 rings (SSSR count). The molecule has 0 amide bonds. The second-order valence-electron chi connectivity index (χ2n) is 6.52. The number of esters is 1. The first kappa shape index (κ1) is 17.3. The molecule has 0 fully saturated rings. The van der Waals surface area contributed by atoms with E-state index in [4.69, 9.17) is 4.74 Å². The van der Waals surface area contributed by atoms with Crippen LogP contribution in [0, 0.1) is 0 Å². The van der Waals surface area contributed by atoms with E-state index in [1.165, 1.54) is 29.4 Å². The molecule has 2 aromatic carbocycles. The van der Waals surface area contributed by atoms with Gasteiger partial charge in [0.25, 0.3) is 0 Å². The lowest BCUT2D eigenvalue weighted by Gasteiger charge is -2.27. The van der Waals surface area contributed by atoms with Crippen LogP contribution < -0.4 is 4.90 Å². The molecule has 0 aliphatic carbocycles. The minimum atomic E-state index is -0.200. The predicted octanol–water partition coefficient (Wildman–Crippen LogP) is 5.43. The minimum Gasteiger partial charge on any atom is -0.463 e. The van der Waals surface area contributed by atoms with Gasteiger partial charge in [0.1, 0.15) is 0 Å². The van der Waals surface area contributed by atoms with Crippen molar-refractivity contribution in [3.05, 3.63) is 59.7 Å². The number of benzene rings is 2. The third-order valence-corrected chi connectivity index (χ3v) is 4.51. The van der Waals surface area contributed by atoms with Crippen molar-refractivity contribution in [2.45, 2.75) is 39.2 Å². The highest BCUT2D eigenvalue weighted by atomic mass is 16.5. The molecule has 130 valence electrons. The first-order valence-electron chi connectivity index (χ1n) is 8.96. The molecule has 1 aliphatic heterocycles. The summed E-state index contributed by atoms with van der Waals surface area (Å²) in [6, 6.07) is 17.0. The molecule has 25 heavy (non-hydrogen) atoms. The van der Waals surface area contributed by atoms with E-state index in [0.717, 1.165) is 25.8 Å². The zero-order valence-corrected chi connectivity index (χ0v) is 14.9. The van der Waals surface area contributed by atoms with E-state index >= 15 is 0 Å². The summed E-state index contributed by atoms with van der Waals surface area (Å²) >= 11 is 0. The van der Waals surface area contributed by atoms with Gasteiger partial charge in [-0.1, -0.05) is 48.6 Å². The van der Waals surface area contributed by atoms with Gasteiger partial charge < -0.3 is 9.64 Å². The number of fused-ring (bicyclic) bond motifs is 2. The molecule has 1 atom stereocenters. The number of anilines is 2. The molecule has 0 radical (unpaired) electrons. The number of carbonyl (C=O) groups excluding carboxylic acids is 1. The topological polar surface area (TPSA) is 29.5 Å². The van der Waals surface area contributed by atoms with Gasteiger partial charge in [0.2, 0.25) is 0 Å². The zero-order valence-electron chi connectivity index (χ0n) is 14.9. The van der Waals surface area contributed by atoms with Gasteiger partial charge in [-0.05, 0) is 49.4 Å². The normalized spacial score (nSPS) is 13.6. The predicted molar refractivity (Wildman–Crippen MR) is 104 cm³/mol. The summed E-state index contributed by atoms with van der Waals surface area (Å²) in [4.78, 5) is 13.4. The summed E-state index contributed by atoms with van der Waals surface area (Å²) in [7, 11) is 0. The van der Waals surface area contributed by atoms with E-state index in [1.807, 2.05) is 6.92 Å². The summed E-state index contributed by atoms with van der Waals surface area (Å²) in [5.74, 6) is -0.200. The monoisotopic (exact) mass is 335 g/mol. The van der Waals surface area contributed by atoms with E-state index in [1.54, 1.807) is 0 Å². The van der Waals surface area contributed by atoms with Crippen LogP contribution in [0.5, 0.6) is 0 Å². The maximum Gasteiger partial charge on any atom is 0.302 e. The van der Waals surface area contributed by atoms with E-state index in [2.05, 4.69) is 65.6 Å². The van der Waals surface area contributed by atoms with Crippen LogP contribution >= 0.6 is 0 Å². The van der Waals surface area contributed by atoms with Crippen molar-refractivity contribution in [3.63, 3.8) is 0 Å². The Labute approximate surface area is 149 Å². The number of hydrogen-bond acceptors (Lipinski definition) is 3. The van der Waals surface area contributed by atoms with Crippen LogP contribution in [0.3, 0.4) is 0 Å². The van der Waals surface area contributed by atoms with Gasteiger partial charge in [0, 0.05) is 24.8 Å². The van der Waals surface area contributed by atoms with Crippen LogP contribution in [0.25, 0.3) is 12.2 Å². The molecule has 0 bridgehead atoms. The fraction of sp³-hybridized carbons (Fsp3) is 0.318. The minimum absolute atomic E-state index is 0.0112. The average molecular weight is 335 g/mol. The molecular weight excluding hydrogens is 310 g/mol. The van der Waals surface area contributed by atoms with Gasteiger partial charge in [-0.15, -0.1) is 0 Å². The Morgan fingerprint density at radius 3 is 2.08 bits per heavy atom. The Bertz CT molecular complexity index is 717. The quantitative estimate of drug-likeness (QED) is 0.521. The van der Waals surface area contributed by atoms with Crippen LogP contribution in [-0.4, -0.2) is 18.6 Å². The number of ether oxygens (including phenoxy) is 1. The highest BCUT2D eigenvalue weighted by molar-refractivity contribution is 5.88. The number of carbonyl (C=O) groups is 1. The lowest BCUT2D eigenvalue weighted by atomic mass is 10.1. The average Bonchev–Trinajstić information content (AvgIpc) is 2.75. The maximum atomic E-state index is 11.0. The summed E-state index contributed by atoms with van der Waals surface area (Å²) in [5, 5.41) is 0. The van der Waals surface area contributed by atoms with Crippen molar-refractivity contribution in [3.8, 4) is 0 Å². The molecule has 0 N–H and O–H groups in total. The Hall–Kier alpha value is -2.55. The third kappa shape index (κ3) is 4.30. The largest absolute Gasteiger partial charge is 0.463 e. The first-order valence-corrected chi connectivity index (χ1v) is 8.96. The number of rotatable bonds is 6. The molecule has 0 unspecified atom stereocenters. The zero-order chi connectivity index (χ0) is 17.6. The van der Waals surface area contributed by atoms with E-state index in [0.29, 0.717) is 0 Å². The van der Waals surface area contributed by atoms with Crippen LogP contribution in [-0.2, 0) is 9.53 Å². The SMILES string of the molecule is CC(=O)O[C@H](C)CCCCN1c2ccccc2C=Cc2ccccc21. The van der Waals surface area contributed by atoms with Crippen LogP contribution in [0.2, 0.25) is 0 Å². The highest BCUT2D eigenvalue weighted by Crippen LogP contribution is 2.36. The summed E-state index contributed by atoms with van der Waals surface area (Å²) < 4.78 is 5.21. The molecule has 0 spiro atoms. The van der Waals surface area contributed by atoms with E-state index in [-0.39, 0.29) is 12.1 Å². The third-order valence-electron chi connectivity index (χ3n) is 4.51. The molecule has 2 aromatic rings. The summed E-state index contributed by atoms with van der Waals surface area (Å²) in [5.41, 5.74) is 4.98. The molecule has 1 heterocycles. The number of hydrogen-bond donors (Lipinski definition) is 0. The molecule has 3 nitrogen and oxygen atoms in total. The van der Waals surface area contributed by atoms with Crippen molar-refractivity contribution in [1.82, 2.24) is 0 Å². The Kier molecular flexibility index (Phi) is 5.54. The molecule has 0 saturated heterocycles. The van der Waals surface area contributed by atoms with E-state index in [9.17, 15) is 4.79 Å². The summed E-state index contributed by atoms with van der Waals surface area (Å²) in [6.45, 7) is 4.37. The van der Waals surface area contributed by atoms with Crippen molar-refractivity contribution >= 4 is 29.5 Å². The van der Waals surface area contributed by atoms with Crippen molar-refractivity contribution in [2.75, 3.05) is 11.4 Å². The highest BCUT2D eigenvalue weighted by Gasteiger charge is 2.17. The molecule has 1 aliphatic rings. The second kappa shape index (κ2) is 8.02. The van der Waals surface area contributed by atoms with Gasteiger partial charge in [-0.3, -0.25) is 4.79 Å². The Balaban J connectivity index is 1.72. The molecular formula is C22H25NO2. The van der Waals surface area contributed by atoms with Gasteiger partial charge >= 0.3 is 5.97 Å². The lowest BCUT2D eigenvalue weighted by molar-refractivity contribution is -0.145. The first-order chi connectivity index (χ1) is 12.1. The standard InChI is InChI=1S/C22H25NO2/c1-17(25-18(2)24)9-7-8-16-23-21-12-5-3-10-19(21)14-15-20-11-4-6-13-22(20)23/h3-6,10-15,17H,7-9,16H2,1-2H3/t17-/m1/s1. The number of nitrogens with zero attached hydrogens (tertiary/aromatic N) is 1. The molecule has 0 aromatic heterocycles. The smallest absolute Gasteiger partial charge is 0.302 e. The number of unbranched alkanes of at least 4 members (excludes halogenated alkanes) is 1. The van der Waals surface area contributed by atoms with Crippen molar-refractivity contribution < 1.29 is 9.53 Å². The fourth-order valence-corrected chi connectivity index (χ4v) is 3.34. The Morgan fingerprint density at radius 1 is 0.960 bits per heavy atom. The van der Waals surface area contributed by atoms with Gasteiger partial charge in [0.05, 0.1) is 6.10 Å².